The van der Waals surface area contributed by atoms with E-state index in [0.717, 1.165) is 26.1 Å². The molecule has 0 saturated carbocycles. The molecule has 2 aromatic rings. The first-order valence-corrected chi connectivity index (χ1v) is 8.94. The van der Waals surface area contributed by atoms with Crippen LogP contribution in [0.2, 0.25) is 0 Å². The second kappa shape index (κ2) is 6.78. The van der Waals surface area contributed by atoms with Crippen molar-refractivity contribution in [3.63, 3.8) is 0 Å². The number of likely N-dealkylation sites (N-methyl/N-ethyl adjacent to an activating group) is 1. The Labute approximate surface area is 153 Å². The number of aromatic nitrogens is 1. The number of carbonyl (C=O) groups excluding carboxylic acids is 1. The number of pyridine rings is 1. The summed E-state index contributed by atoms with van der Waals surface area (Å²) in [5.41, 5.74) is 1.80. The van der Waals surface area contributed by atoms with E-state index >= 15 is 0 Å². The first-order chi connectivity index (χ1) is 12.6. The summed E-state index contributed by atoms with van der Waals surface area (Å²) >= 11 is 0. The van der Waals surface area contributed by atoms with Crippen LogP contribution in [0.25, 0.3) is 0 Å². The average molecular weight is 354 g/mol. The highest BCUT2D eigenvalue weighted by Crippen LogP contribution is 2.34. The zero-order valence-electron chi connectivity index (χ0n) is 14.9. The van der Waals surface area contributed by atoms with Crippen molar-refractivity contribution in [2.24, 2.45) is 0 Å². The highest BCUT2D eigenvalue weighted by Gasteiger charge is 2.47. The summed E-state index contributed by atoms with van der Waals surface area (Å²) in [6.45, 7) is 3.72. The summed E-state index contributed by atoms with van der Waals surface area (Å²) in [4.78, 5) is 23.0. The number of likely N-dealkylation sites (tertiary alicyclic amines) is 1. The topological polar surface area (TPSA) is 39.7 Å². The molecule has 1 atom stereocenters. The molecule has 0 aliphatic carbocycles. The number of piperazine rings is 1. The van der Waals surface area contributed by atoms with Crippen molar-refractivity contribution in [1.29, 1.82) is 0 Å². The van der Waals surface area contributed by atoms with Gasteiger partial charge >= 0.3 is 0 Å². The molecule has 1 aromatic heterocycles. The Bertz CT molecular complexity index is 799. The highest BCUT2D eigenvalue weighted by atomic mass is 19.1. The molecule has 5 nitrogen and oxygen atoms in total. The van der Waals surface area contributed by atoms with Gasteiger partial charge in [0.15, 0.2) is 0 Å². The van der Waals surface area contributed by atoms with Crippen LogP contribution in [0.1, 0.15) is 12.0 Å². The Morgan fingerprint density at radius 3 is 2.77 bits per heavy atom. The molecule has 2 fully saturated rings. The molecule has 2 aliphatic heterocycles. The Balaban J connectivity index is 1.53. The summed E-state index contributed by atoms with van der Waals surface area (Å²) in [6.07, 6.45) is 4.63. The van der Waals surface area contributed by atoms with Crippen molar-refractivity contribution < 1.29 is 9.18 Å². The van der Waals surface area contributed by atoms with Crippen LogP contribution in [0.5, 0.6) is 0 Å². The van der Waals surface area contributed by atoms with E-state index in [-0.39, 0.29) is 17.3 Å². The summed E-state index contributed by atoms with van der Waals surface area (Å²) < 4.78 is 13.6. The van der Waals surface area contributed by atoms with E-state index in [1.165, 1.54) is 17.7 Å². The van der Waals surface area contributed by atoms with Gasteiger partial charge in [-0.15, -0.1) is 0 Å². The summed E-state index contributed by atoms with van der Waals surface area (Å²) in [6, 6.07) is 10.4. The van der Waals surface area contributed by atoms with Gasteiger partial charge in [-0.2, -0.15) is 0 Å². The fraction of sp³-hybridized carbons (Fsp3) is 0.400. The quantitative estimate of drug-likeness (QED) is 0.847. The van der Waals surface area contributed by atoms with Crippen LogP contribution in [0.15, 0.2) is 48.8 Å². The largest absolute Gasteiger partial charge is 0.309 e. The molecular formula is C20H23FN4O. The van der Waals surface area contributed by atoms with Crippen molar-refractivity contribution in [1.82, 2.24) is 14.8 Å². The van der Waals surface area contributed by atoms with Crippen LogP contribution in [-0.2, 0) is 11.3 Å². The first kappa shape index (κ1) is 17.1. The fourth-order valence-electron chi connectivity index (χ4n) is 4.10. The van der Waals surface area contributed by atoms with Gasteiger partial charge in [-0.3, -0.25) is 19.6 Å². The molecule has 6 heteroatoms. The molecule has 0 unspecified atom stereocenters. The normalized spacial score (nSPS) is 24.5. The lowest BCUT2D eigenvalue weighted by Gasteiger charge is -2.47. The van der Waals surface area contributed by atoms with Crippen LogP contribution in [-0.4, -0.2) is 59.5 Å². The molecule has 26 heavy (non-hydrogen) atoms. The number of nitrogens with zero attached hydrogens (tertiary/aromatic N) is 4. The lowest BCUT2D eigenvalue weighted by molar-refractivity contribution is -0.123. The molecule has 0 N–H and O–H groups in total. The number of amides is 1. The number of halogens is 1. The minimum Gasteiger partial charge on any atom is -0.309 e. The third-order valence-electron chi connectivity index (χ3n) is 5.62. The number of carbonyl (C=O) groups is 1. The lowest BCUT2D eigenvalue weighted by Crippen LogP contribution is -2.64. The third-order valence-corrected chi connectivity index (χ3v) is 5.62. The van der Waals surface area contributed by atoms with Gasteiger partial charge in [-0.05, 0) is 49.4 Å². The second-order valence-corrected chi connectivity index (χ2v) is 7.36. The summed E-state index contributed by atoms with van der Waals surface area (Å²) in [5.74, 6) is -0.287. The number of hydrogen-bond acceptors (Lipinski definition) is 4. The minimum atomic E-state index is -0.311. The SMILES string of the molecule is CN1CC(=O)N(c2cccc(F)c2)C[C@]12CCN(Cc1ccncc1)C2. The fourth-order valence-corrected chi connectivity index (χ4v) is 4.10. The number of rotatable bonds is 3. The maximum absolute atomic E-state index is 13.6. The molecule has 2 aliphatic rings. The van der Waals surface area contributed by atoms with Crippen LogP contribution in [0, 0.1) is 5.82 Å². The maximum atomic E-state index is 13.6. The van der Waals surface area contributed by atoms with Crippen LogP contribution in [0.3, 0.4) is 0 Å². The van der Waals surface area contributed by atoms with E-state index < -0.39 is 0 Å². The standard InChI is InChI=1S/C20H23FN4O/c1-23-13-19(26)25(18-4-2-3-17(21)11-18)15-20(23)7-10-24(14-20)12-16-5-8-22-9-6-16/h2-6,8-9,11H,7,10,12-15H2,1H3/t20-/m1/s1. The van der Waals surface area contributed by atoms with Crippen LogP contribution in [0.4, 0.5) is 10.1 Å². The van der Waals surface area contributed by atoms with E-state index in [2.05, 4.69) is 14.8 Å². The van der Waals surface area contributed by atoms with Gasteiger partial charge in [-0.25, -0.2) is 4.39 Å². The Morgan fingerprint density at radius 2 is 2.00 bits per heavy atom. The van der Waals surface area contributed by atoms with Crippen LogP contribution < -0.4 is 4.90 Å². The van der Waals surface area contributed by atoms with Gasteiger partial charge in [-0.1, -0.05) is 6.07 Å². The van der Waals surface area contributed by atoms with Gasteiger partial charge < -0.3 is 4.90 Å². The summed E-state index contributed by atoms with van der Waals surface area (Å²) in [7, 11) is 2.02. The number of anilines is 1. The lowest BCUT2D eigenvalue weighted by atomic mass is 9.92. The average Bonchev–Trinajstić information content (AvgIpc) is 3.03. The third kappa shape index (κ3) is 3.22. The minimum absolute atomic E-state index is 0.0244. The molecule has 4 rings (SSSR count). The van der Waals surface area contributed by atoms with Gasteiger partial charge in [0.05, 0.1) is 12.1 Å². The summed E-state index contributed by atoms with van der Waals surface area (Å²) in [5, 5.41) is 0. The van der Waals surface area contributed by atoms with Gasteiger partial charge in [0.1, 0.15) is 5.82 Å². The molecule has 1 amide bonds. The number of hydrogen-bond donors (Lipinski definition) is 0. The zero-order valence-corrected chi connectivity index (χ0v) is 14.9. The maximum Gasteiger partial charge on any atom is 0.241 e. The highest BCUT2D eigenvalue weighted by molar-refractivity contribution is 5.96. The molecule has 1 aromatic carbocycles. The molecule has 0 bridgehead atoms. The van der Waals surface area contributed by atoms with Crippen molar-refractivity contribution in [3.8, 4) is 0 Å². The van der Waals surface area contributed by atoms with Crippen molar-refractivity contribution >= 4 is 11.6 Å². The molecule has 1 spiro atoms. The Kier molecular flexibility index (Phi) is 4.46. The van der Waals surface area contributed by atoms with E-state index in [4.69, 9.17) is 0 Å². The first-order valence-electron chi connectivity index (χ1n) is 8.94. The van der Waals surface area contributed by atoms with Gasteiger partial charge in [0.2, 0.25) is 5.91 Å². The Morgan fingerprint density at radius 1 is 1.19 bits per heavy atom. The Hall–Kier alpha value is -2.31. The van der Waals surface area contributed by atoms with E-state index in [1.54, 1.807) is 11.0 Å². The molecule has 0 radical (unpaired) electrons. The zero-order chi connectivity index (χ0) is 18.1. The van der Waals surface area contributed by atoms with Crippen LogP contribution >= 0.6 is 0 Å². The second-order valence-electron chi connectivity index (χ2n) is 7.36. The predicted octanol–water partition coefficient (Wildman–Crippen LogP) is 2.14. The van der Waals surface area contributed by atoms with Crippen molar-refractivity contribution in [3.05, 3.63) is 60.2 Å². The molecule has 3 heterocycles. The van der Waals surface area contributed by atoms with E-state index in [1.807, 2.05) is 37.6 Å². The monoisotopic (exact) mass is 354 g/mol. The van der Waals surface area contributed by atoms with E-state index in [9.17, 15) is 9.18 Å². The van der Waals surface area contributed by atoms with Crippen molar-refractivity contribution in [2.45, 2.75) is 18.5 Å². The van der Waals surface area contributed by atoms with Crippen molar-refractivity contribution in [2.75, 3.05) is 38.1 Å². The van der Waals surface area contributed by atoms with E-state index in [0.29, 0.717) is 18.8 Å². The smallest absolute Gasteiger partial charge is 0.241 e. The molecule has 2 saturated heterocycles. The van der Waals surface area contributed by atoms with Gasteiger partial charge in [0.25, 0.3) is 0 Å². The molecular weight excluding hydrogens is 331 g/mol. The molecule has 136 valence electrons. The van der Waals surface area contributed by atoms with Gasteiger partial charge in [0, 0.05) is 44.3 Å². The number of benzene rings is 1. The predicted molar refractivity (Wildman–Crippen MR) is 98.2 cm³/mol.